The molecule has 3 aromatic rings. The second kappa shape index (κ2) is 14.9. The molecule has 11 heteroatoms. The van der Waals surface area contributed by atoms with E-state index in [2.05, 4.69) is 38.1 Å². The monoisotopic (exact) mass is 662 g/mol. The second-order valence-electron chi connectivity index (χ2n) is 13.5. The number of piperidine rings is 2. The average Bonchev–Trinajstić information content (AvgIpc) is 3.61. The van der Waals surface area contributed by atoms with Crippen molar-refractivity contribution in [1.82, 2.24) is 24.2 Å². The molecule has 0 spiro atoms. The number of nitrogens with zero attached hydrogens (tertiary/aromatic N) is 6. The summed E-state index contributed by atoms with van der Waals surface area (Å²) in [5, 5.41) is 0. The number of pyridine rings is 1. The van der Waals surface area contributed by atoms with Gasteiger partial charge in [0, 0.05) is 49.7 Å². The molecule has 47 heavy (non-hydrogen) atoms. The summed E-state index contributed by atoms with van der Waals surface area (Å²) in [5.74, 6) is 1.80. The smallest absolute Gasteiger partial charge is 0.243 e. The van der Waals surface area contributed by atoms with Crippen LogP contribution in [0.3, 0.4) is 0 Å². The van der Waals surface area contributed by atoms with Crippen LogP contribution in [0.25, 0.3) is 0 Å². The maximum Gasteiger partial charge on any atom is 0.243 e. The Bertz CT molecular complexity index is 1570. The molecule has 0 radical (unpaired) electrons. The molecule has 5 heterocycles. The molecule has 254 valence electrons. The van der Waals surface area contributed by atoms with Crippen molar-refractivity contribution in [2.75, 3.05) is 57.9 Å². The third-order valence-electron chi connectivity index (χ3n) is 10.5. The highest BCUT2D eigenvalue weighted by Crippen LogP contribution is 2.40. The summed E-state index contributed by atoms with van der Waals surface area (Å²) in [6.45, 7) is 9.74. The zero-order chi connectivity index (χ0) is 32.9. The minimum Gasteiger partial charge on any atom is -0.497 e. The molecule has 1 aromatic carbocycles. The first-order chi connectivity index (χ1) is 22.8. The number of methoxy groups -OCH3 is 1. The first-order valence-electron chi connectivity index (χ1n) is 17.3. The van der Waals surface area contributed by atoms with Gasteiger partial charge in [0.15, 0.2) is 0 Å². The first-order valence-corrected chi connectivity index (χ1v) is 18.7. The normalized spacial score (nSPS) is 20.7. The summed E-state index contributed by atoms with van der Waals surface area (Å²) in [5.41, 5.74) is 2.82. The molecule has 3 aliphatic rings. The van der Waals surface area contributed by atoms with Crippen LogP contribution in [-0.4, -0.2) is 91.6 Å². The van der Waals surface area contributed by atoms with Crippen LogP contribution in [0.1, 0.15) is 74.5 Å². The van der Waals surface area contributed by atoms with Gasteiger partial charge in [-0.05, 0) is 120 Å². The van der Waals surface area contributed by atoms with Gasteiger partial charge in [0.1, 0.15) is 12.4 Å². The molecule has 6 rings (SSSR count). The lowest BCUT2D eigenvalue weighted by Gasteiger charge is -2.42. The van der Waals surface area contributed by atoms with E-state index in [0.29, 0.717) is 40.1 Å². The molecule has 0 amide bonds. The van der Waals surface area contributed by atoms with Gasteiger partial charge in [0.25, 0.3) is 0 Å². The average molecular weight is 663 g/mol. The molecule has 1 atom stereocenters. The lowest BCUT2D eigenvalue weighted by atomic mass is 9.70. The van der Waals surface area contributed by atoms with Crippen LogP contribution in [0.4, 0.5) is 5.95 Å². The zero-order valence-corrected chi connectivity index (χ0v) is 29.1. The van der Waals surface area contributed by atoms with Crippen LogP contribution >= 0.6 is 0 Å². The van der Waals surface area contributed by atoms with Gasteiger partial charge in [-0.1, -0.05) is 12.5 Å². The van der Waals surface area contributed by atoms with Gasteiger partial charge in [-0.3, -0.25) is 4.98 Å². The maximum atomic E-state index is 14.0. The minimum absolute atomic E-state index is 0.106. The zero-order valence-electron chi connectivity index (χ0n) is 28.2. The quantitative estimate of drug-likeness (QED) is 0.248. The molecule has 3 fully saturated rings. The van der Waals surface area contributed by atoms with Crippen LogP contribution in [0, 0.1) is 13.8 Å². The van der Waals surface area contributed by atoms with Crippen LogP contribution in [-0.2, 0) is 15.4 Å². The fourth-order valence-electron chi connectivity index (χ4n) is 7.90. The Morgan fingerprint density at radius 1 is 0.957 bits per heavy atom. The predicted molar refractivity (Wildman–Crippen MR) is 184 cm³/mol. The number of likely N-dealkylation sites (tertiary alicyclic amines) is 1. The predicted octanol–water partition coefficient (Wildman–Crippen LogP) is 5.53. The Morgan fingerprint density at radius 2 is 1.70 bits per heavy atom. The van der Waals surface area contributed by atoms with Crippen molar-refractivity contribution in [3.05, 3.63) is 65.6 Å². The Labute approximate surface area is 280 Å². The molecule has 0 N–H and O–H groups in total. The third kappa shape index (κ3) is 7.57. The highest BCUT2D eigenvalue weighted by Gasteiger charge is 2.38. The van der Waals surface area contributed by atoms with Crippen molar-refractivity contribution in [2.45, 2.75) is 88.0 Å². The third-order valence-corrected chi connectivity index (χ3v) is 12.7. The molecule has 1 unspecified atom stereocenters. The SMILES string of the molecule is COc1cc(C)c(S(=O)(=O)N2CCCCC2COc2ccnc(N3CCC(CCCN4CCCC4)(c4cccnc4)CC3)n2)c(C)c1. The fourth-order valence-corrected chi connectivity index (χ4v) is 9.99. The van der Waals surface area contributed by atoms with E-state index in [1.165, 1.54) is 44.5 Å². The number of rotatable bonds is 12. The van der Waals surface area contributed by atoms with E-state index in [0.717, 1.165) is 51.6 Å². The molecule has 0 saturated carbocycles. The summed E-state index contributed by atoms with van der Waals surface area (Å²) in [4.78, 5) is 19.1. The van der Waals surface area contributed by atoms with Crippen molar-refractivity contribution >= 4 is 16.0 Å². The van der Waals surface area contributed by atoms with Gasteiger partial charge >= 0.3 is 0 Å². The van der Waals surface area contributed by atoms with Crippen molar-refractivity contribution in [3.8, 4) is 11.6 Å². The Balaban J connectivity index is 1.11. The fraction of sp³-hybridized carbons (Fsp3) is 0.583. The summed E-state index contributed by atoms with van der Waals surface area (Å²) in [6, 6.07) is 9.37. The van der Waals surface area contributed by atoms with E-state index in [-0.39, 0.29) is 18.1 Å². The topological polar surface area (TPSA) is 101 Å². The number of aryl methyl sites for hydroxylation is 2. The minimum atomic E-state index is -3.72. The Hall–Kier alpha value is -3.28. The molecule has 3 aliphatic heterocycles. The number of ether oxygens (including phenoxy) is 2. The van der Waals surface area contributed by atoms with Gasteiger partial charge in [0.2, 0.25) is 21.9 Å². The largest absolute Gasteiger partial charge is 0.497 e. The first kappa shape index (κ1) is 33.6. The Kier molecular flexibility index (Phi) is 10.6. The highest BCUT2D eigenvalue weighted by atomic mass is 32.2. The Morgan fingerprint density at radius 3 is 2.40 bits per heavy atom. The summed E-state index contributed by atoms with van der Waals surface area (Å²) in [6.07, 6.45) is 15.2. The number of aromatic nitrogens is 3. The van der Waals surface area contributed by atoms with Crippen LogP contribution in [0.15, 0.2) is 53.8 Å². The van der Waals surface area contributed by atoms with Crippen LogP contribution in [0.5, 0.6) is 11.6 Å². The number of anilines is 1. The van der Waals surface area contributed by atoms with Gasteiger partial charge in [-0.2, -0.15) is 9.29 Å². The number of benzene rings is 1. The molecular weight excluding hydrogens is 613 g/mol. The number of sulfonamides is 1. The van der Waals surface area contributed by atoms with Gasteiger partial charge in [-0.25, -0.2) is 13.4 Å². The summed E-state index contributed by atoms with van der Waals surface area (Å²) >= 11 is 0. The van der Waals surface area contributed by atoms with E-state index in [1.807, 2.05) is 20.0 Å². The summed E-state index contributed by atoms with van der Waals surface area (Å²) < 4.78 is 41.2. The van der Waals surface area contributed by atoms with Crippen molar-refractivity contribution < 1.29 is 17.9 Å². The molecule has 10 nitrogen and oxygen atoms in total. The lowest BCUT2D eigenvalue weighted by molar-refractivity contribution is 0.165. The highest BCUT2D eigenvalue weighted by molar-refractivity contribution is 7.89. The van der Waals surface area contributed by atoms with E-state index in [4.69, 9.17) is 14.5 Å². The van der Waals surface area contributed by atoms with E-state index >= 15 is 0 Å². The van der Waals surface area contributed by atoms with Gasteiger partial charge < -0.3 is 19.3 Å². The maximum absolute atomic E-state index is 14.0. The van der Waals surface area contributed by atoms with Gasteiger partial charge in [-0.15, -0.1) is 0 Å². The molecule has 2 aromatic heterocycles. The lowest BCUT2D eigenvalue weighted by Crippen LogP contribution is -2.47. The van der Waals surface area contributed by atoms with Crippen LogP contribution < -0.4 is 14.4 Å². The number of hydrogen-bond acceptors (Lipinski definition) is 9. The molecule has 0 aliphatic carbocycles. The van der Waals surface area contributed by atoms with Crippen molar-refractivity contribution in [3.63, 3.8) is 0 Å². The van der Waals surface area contributed by atoms with E-state index in [9.17, 15) is 8.42 Å². The molecule has 3 saturated heterocycles. The van der Waals surface area contributed by atoms with Gasteiger partial charge in [0.05, 0.1) is 18.0 Å². The number of hydrogen-bond donors (Lipinski definition) is 0. The molecular formula is C36H50N6O4S. The standard InChI is InChI=1S/C36H50N6O4S/c1-28-24-32(45-3)25-29(2)34(28)47(43,44)42-21-5-4-11-31(42)27-46-33-12-17-38-35(39-33)41-22-14-36(15-23-41,30-10-8-16-37-26-30)13-9-20-40-18-6-7-19-40/h8,10,12,16-17,24-26,31H,4-7,9,11,13-15,18-23,27H2,1-3H3. The van der Waals surface area contributed by atoms with Crippen molar-refractivity contribution in [1.29, 1.82) is 0 Å². The van der Waals surface area contributed by atoms with E-state index in [1.54, 1.807) is 35.8 Å². The van der Waals surface area contributed by atoms with Crippen LogP contribution in [0.2, 0.25) is 0 Å². The van der Waals surface area contributed by atoms with E-state index < -0.39 is 10.0 Å². The van der Waals surface area contributed by atoms with Crippen molar-refractivity contribution in [2.24, 2.45) is 0 Å². The molecule has 0 bridgehead atoms. The second-order valence-corrected chi connectivity index (χ2v) is 15.4. The summed E-state index contributed by atoms with van der Waals surface area (Å²) in [7, 11) is -2.13.